The maximum absolute atomic E-state index is 14.1. The van der Waals surface area contributed by atoms with Gasteiger partial charge in [0.2, 0.25) is 10.0 Å². The summed E-state index contributed by atoms with van der Waals surface area (Å²) in [5, 5.41) is 1.09. The topological polar surface area (TPSA) is 87.7 Å². The molecule has 45 heavy (non-hydrogen) atoms. The summed E-state index contributed by atoms with van der Waals surface area (Å²) in [5.41, 5.74) is 8.18. The Morgan fingerprint density at radius 2 is 1.87 bits per heavy atom. The molecule has 3 saturated heterocycles. The molecule has 0 saturated carbocycles. The molecule has 6 rings (SSSR count). The van der Waals surface area contributed by atoms with Gasteiger partial charge in [-0.1, -0.05) is 43.8 Å². The van der Waals surface area contributed by atoms with Crippen LogP contribution in [0.1, 0.15) is 63.8 Å². The molecular weight excluding hydrogens is 608 g/mol. The van der Waals surface area contributed by atoms with E-state index in [4.69, 9.17) is 5.73 Å². The van der Waals surface area contributed by atoms with Crippen LogP contribution in [0, 0.1) is 29.5 Å². The van der Waals surface area contributed by atoms with E-state index in [0.717, 1.165) is 81.1 Å². The highest BCUT2D eigenvalue weighted by atomic mass is 32.3. The Kier molecular flexibility index (Phi) is 10.1. The number of thioether (sulfide) groups is 1. The third kappa shape index (κ3) is 7.22. The van der Waals surface area contributed by atoms with Gasteiger partial charge >= 0.3 is 0 Å². The number of sulfonamides is 1. The van der Waals surface area contributed by atoms with Crippen molar-refractivity contribution >= 4 is 21.8 Å². The highest BCUT2D eigenvalue weighted by Gasteiger charge is 2.38. The highest BCUT2D eigenvalue weighted by molar-refractivity contribution is 8.20. The van der Waals surface area contributed by atoms with Gasteiger partial charge in [0, 0.05) is 57.2 Å². The predicted octanol–water partition coefficient (Wildman–Crippen LogP) is 5.27. The summed E-state index contributed by atoms with van der Waals surface area (Å²) in [6.07, 6.45) is 12.7. The van der Waals surface area contributed by atoms with Crippen molar-refractivity contribution < 1.29 is 12.8 Å². The van der Waals surface area contributed by atoms with E-state index in [9.17, 15) is 12.8 Å². The van der Waals surface area contributed by atoms with Gasteiger partial charge in [0.05, 0.1) is 17.4 Å². The van der Waals surface area contributed by atoms with Crippen LogP contribution in [0.2, 0.25) is 0 Å². The number of hydrogen-bond acceptors (Lipinski definition) is 7. The largest absolute Gasteiger partial charge is 0.363 e. The van der Waals surface area contributed by atoms with Crippen LogP contribution >= 0.6 is 11.8 Å². The average Bonchev–Trinajstić information content (AvgIpc) is 3.59. The van der Waals surface area contributed by atoms with Gasteiger partial charge in [-0.05, 0) is 93.0 Å². The first-order valence-electron chi connectivity index (χ1n) is 16.7. The number of nitrogens with two attached hydrogens (primary N) is 1. The molecule has 8 nitrogen and oxygen atoms in total. The van der Waals surface area contributed by atoms with Crippen LogP contribution in [-0.2, 0) is 16.4 Å². The zero-order chi connectivity index (χ0) is 31.7. The first-order valence-corrected chi connectivity index (χ1v) is 18.9. The second-order valence-electron chi connectivity index (χ2n) is 13.7. The van der Waals surface area contributed by atoms with Crippen molar-refractivity contribution in [3.8, 4) is 0 Å². The second kappa shape index (κ2) is 13.9. The quantitative estimate of drug-likeness (QED) is 0.394. The molecule has 3 fully saturated rings. The van der Waals surface area contributed by atoms with Gasteiger partial charge in [-0.3, -0.25) is 4.90 Å². The van der Waals surface area contributed by atoms with Crippen molar-refractivity contribution in [1.29, 1.82) is 0 Å². The van der Waals surface area contributed by atoms with Crippen molar-refractivity contribution in [3.63, 3.8) is 0 Å². The lowest BCUT2D eigenvalue weighted by molar-refractivity contribution is 0.135. The molecule has 5 heterocycles. The van der Waals surface area contributed by atoms with E-state index >= 15 is 0 Å². The van der Waals surface area contributed by atoms with E-state index in [2.05, 4.69) is 46.2 Å². The molecule has 6 atom stereocenters. The van der Waals surface area contributed by atoms with Crippen molar-refractivity contribution in [2.45, 2.75) is 65.0 Å². The van der Waals surface area contributed by atoms with Crippen LogP contribution in [0.3, 0.4) is 0 Å². The molecule has 2 N–H and O–H groups in total. The number of allylic oxidation sites excluding steroid dienone is 2. The van der Waals surface area contributed by atoms with Crippen LogP contribution in [0.25, 0.3) is 0 Å². The number of fused-ring (bicyclic) bond motifs is 1. The third-order valence-electron chi connectivity index (χ3n) is 10.5. The van der Waals surface area contributed by atoms with E-state index < -0.39 is 10.0 Å². The van der Waals surface area contributed by atoms with Crippen molar-refractivity contribution in [3.05, 3.63) is 75.3 Å². The molecule has 2 aromatic rings. The molecule has 0 bridgehead atoms. The first kappa shape index (κ1) is 32.7. The Morgan fingerprint density at radius 3 is 2.64 bits per heavy atom. The summed E-state index contributed by atoms with van der Waals surface area (Å²) in [5.74, 6) is 1.22. The summed E-state index contributed by atoms with van der Waals surface area (Å²) in [7, 11) is -3.57. The Labute approximate surface area is 273 Å². The van der Waals surface area contributed by atoms with Crippen molar-refractivity contribution in [1.82, 2.24) is 23.7 Å². The maximum Gasteiger partial charge on any atom is 0.249 e. The zero-order valence-corrected chi connectivity index (χ0v) is 28.5. The van der Waals surface area contributed by atoms with Gasteiger partial charge in [-0.15, -0.1) is 0 Å². The number of aromatic nitrogens is 2. The zero-order valence-electron chi connectivity index (χ0n) is 26.9. The van der Waals surface area contributed by atoms with E-state index in [1.54, 1.807) is 4.31 Å². The Balaban J connectivity index is 1.07. The minimum Gasteiger partial charge on any atom is -0.363 e. The van der Waals surface area contributed by atoms with Crippen molar-refractivity contribution in [2.24, 2.45) is 29.4 Å². The monoisotopic (exact) mass is 656 g/mol. The number of piperazine rings is 1. The number of benzene rings is 1. The number of rotatable bonds is 9. The Hall–Kier alpha value is -2.18. The molecule has 6 unspecified atom stereocenters. The SMILES string of the molecule is CC1C=C(N2CCN3CC(CN)CC3C2)SC(S(=O)(=O)N2CCCC(C(C)Cc3cncn3C(C)c3ccc(F)cc3)CC2)=C1. The van der Waals surface area contributed by atoms with Crippen LogP contribution in [0.15, 0.2) is 58.2 Å². The van der Waals surface area contributed by atoms with Gasteiger partial charge in [-0.25, -0.2) is 17.8 Å². The second-order valence-corrected chi connectivity index (χ2v) is 16.9. The molecule has 0 radical (unpaired) electrons. The molecule has 0 amide bonds. The molecule has 1 aromatic heterocycles. The van der Waals surface area contributed by atoms with E-state index in [0.29, 0.717) is 41.1 Å². The fourth-order valence-electron chi connectivity index (χ4n) is 7.76. The fourth-order valence-corrected chi connectivity index (χ4v) is 11.2. The average molecular weight is 657 g/mol. The molecule has 11 heteroatoms. The van der Waals surface area contributed by atoms with E-state index in [1.165, 1.54) is 23.9 Å². The molecule has 4 aliphatic heterocycles. The molecule has 1 aromatic carbocycles. The van der Waals surface area contributed by atoms with Crippen molar-refractivity contribution in [2.75, 3.05) is 45.8 Å². The van der Waals surface area contributed by atoms with Gasteiger partial charge in [0.1, 0.15) is 10.1 Å². The molecular formula is C34H49FN6O2S2. The molecule has 246 valence electrons. The first-order chi connectivity index (χ1) is 21.6. The number of imidazole rings is 1. The smallest absolute Gasteiger partial charge is 0.249 e. The summed E-state index contributed by atoms with van der Waals surface area (Å²) in [4.78, 5) is 9.42. The van der Waals surface area contributed by atoms with Crippen LogP contribution in [-0.4, -0.2) is 83.9 Å². The summed E-state index contributed by atoms with van der Waals surface area (Å²) >= 11 is 1.45. The number of nitrogens with zero attached hydrogens (tertiary/aromatic N) is 5. The lowest BCUT2D eigenvalue weighted by Crippen LogP contribution is -2.49. The highest BCUT2D eigenvalue weighted by Crippen LogP contribution is 2.41. The summed E-state index contributed by atoms with van der Waals surface area (Å²) in [6.45, 7) is 12.3. The molecule has 4 aliphatic rings. The molecule has 0 aliphatic carbocycles. The standard InChI is InChI=1S/C34H49FN6O2S2/c1-24-15-33(39-14-13-38-21-27(19-36)18-32(38)22-39)44-34(16-24)45(42,43)40-11-4-5-28(10-12-40)25(2)17-31-20-37-23-41(31)26(3)29-6-8-30(35)9-7-29/h6-9,15-16,20,23-28,32H,4-5,10-14,17-19,21-22,36H2,1-3H3. The van der Waals surface area contributed by atoms with Crippen LogP contribution in [0.4, 0.5) is 4.39 Å². The van der Waals surface area contributed by atoms with E-state index in [-0.39, 0.29) is 17.8 Å². The van der Waals surface area contributed by atoms with Gasteiger partial charge in [0.25, 0.3) is 0 Å². The minimum absolute atomic E-state index is 0.0533. The van der Waals surface area contributed by atoms with Gasteiger partial charge in [0.15, 0.2) is 0 Å². The molecule has 0 spiro atoms. The third-order valence-corrected chi connectivity index (χ3v) is 14.0. The summed E-state index contributed by atoms with van der Waals surface area (Å²) < 4.78 is 46.1. The lowest BCUT2D eigenvalue weighted by atomic mass is 9.85. The number of halogens is 1. The van der Waals surface area contributed by atoms with Crippen LogP contribution < -0.4 is 5.73 Å². The van der Waals surface area contributed by atoms with E-state index in [1.807, 2.05) is 30.7 Å². The van der Waals surface area contributed by atoms with Gasteiger partial charge < -0.3 is 15.2 Å². The Bertz CT molecular complexity index is 1490. The number of hydrogen-bond donors (Lipinski definition) is 1. The summed E-state index contributed by atoms with van der Waals surface area (Å²) in [6, 6.07) is 7.23. The maximum atomic E-state index is 14.1. The fraction of sp³-hybridized carbons (Fsp3) is 0.618. The predicted molar refractivity (Wildman–Crippen MR) is 180 cm³/mol. The van der Waals surface area contributed by atoms with Gasteiger partial charge in [-0.2, -0.15) is 4.31 Å². The minimum atomic E-state index is -3.57. The normalized spacial score (nSPS) is 28.2. The Morgan fingerprint density at radius 1 is 1.07 bits per heavy atom. The lowest BCUT2D eigenvalue weighted by Gasteiger charge is -2.40. The van der Waals surface area contributed by atoms with Crippen LogP contribution in [0.5, 0.6) is 0 Å².